The van der Waals surface area contributed by atoms with Crippen LogP contribution in [0.1, 0.15) is 16.8 Å². The molecule has 0 aliphatic carbocycles. The molecule has 1 heterocycles. The van der Waals surface area contributed by atoms with Crippen molar-refractivity contribution < 1.29 is 4.79 Å². The number of carbonyl (C=O) groups is 1. The fourth-order valence-electron chi connectivity index (χ4n) is 1.90. The van der Waals surface area contributed by atoms with Gasteiger partial charge in [0.2, 0.25) is 0 Å². The van der Waals surface area contributed by atoms with E-state index in [9.17, 15) is 9.59 Å². The lowest BCUT2D eigenvalue weighted by molar-refractivity contribution is 0.108. The summed E-state index contributed by atoms with van der Waals surface area (Å²) in [5, 5.41) is 0.522. The predicted octanol–water partition coefficient (Wildman–Crippen LogP) is 3.01. The third-order valence-electron chi connectivity index (χ3n) is 2.74. The van der Waals surface area contributed by atoms with E-state index >= 15 is 0 Å². The number of aryl methyl sites for hydroxylation is 1. The molecule has 0 unspecified atom stereocenters. The molecule has 0 aliphatic rings. The maximum absolute atomic E-state index is 12.2. The van der Waals surface area contributed by atoms with Crippen molar-refractivity contribution in [2.24, 2.45) is 0 Å². The lowest BCUT2D eigenvalue weighted by atomic mass is 10.1. The Hall–Kier alpha value is -1.32. The van der Waals surface area contributed by atoms with E-state index in [-0.39, 0.29) is 5.56 Å². The van der Waals surface area contributed by atoms with Gasteiger partial charge in [0.25, 0.3) is 10.8 Å². The molecule has 0 N–H and O–H groups in total. The third-order valence-corrected chi connectivity index (χ3v) is 3.21. The van der Waals surface area contributed by atoms with Gasteiger partial charge in [-0.1, -0.05) is 18.2 Å². The van der Waals surface area contributed by atoms with Crippen LogP contribution in [0.5, 0.6) is 0 Å². The molecule has 0 radical (unpaired) electrons. The molecule has 0 saturated carbocycles. The van der Waals surface area contributed by atoms with Gasteiger partial charge in [0.1, 0.15) is 0 Å². The Kier molecular flexibility index (Phi) is 4.04. The standard InChI is InChI=1S/C13H11Cl2NO2/c14-6-3-7-16-8-11(12(15)17)9-4-1-2-5-10(9)13(16)18/h1-2,4-5,8H,3,6-7H2. The van der Waals surface area contributed by atoms with Gasteiger partial charge in [-0.3, -0.25) is 9.59 Å². The van der Waals surface area contributed by atoms with Crippen LogP contribution in [0.3, 0.4) is 0 Å². The molecule has 0 amide bonds. The molecule has 5 heteroatoms. The number of fused-ring (bicyclic) bond motifs is 1. The highest BCUT2D eigenvalue weighted by atomic mass is 35.5. The van der Waals surface area contributed by atoms with Gasteiger partial charge < -0.3 is 4.57 Å². The van der Waals surface area contributed by atoms with Crippen molar-refractivity contribution in [3.05, 3.63) is 46.4 Å². The highest BCUT2D eigenvalue weighted by Gasteiger charge is 2.12. The van der Waals surface area contributed by atoms with E-state index in [0.29, 0.717) is 35.2 Å². The van der Waals surface area contributed by atoms with Crippen LogP contribution in [0.2, 0.25) is 0 Å². The summed E-state index contributed by atoms with van der Waals surface area (Å²) in [7, 11) is 0. The number of nitrogens with zero attached hydrogens (tertiary/aromatic N) is 1. The summed E-state index contributed by atoms with van der Waals surface area (Å²) in [5.74, 6) is 0.462. The monoisotopic (exact) mass is 283 g/mol. The summed E-state index contributed by atoms with van der Waals surface area (Å²) in [6.07, 6.45) is 2.17. The van der Waals surface area contributed by atoms with Crippen molar-refractivity contribution in [1.29, 1.82) is 0 Å². The smallest absolute Gasteiger partial charge is 0.258 e. The Bertz CT molecular complexity index is 649. The van der Waals surface area contributed by atoms with Gasteiger partial charge in [-0.15, -0.1) is 11.6 Å². The number of carbonyl (C=O) groups excluding carboxylic acids is 1. The Morgan fingerprint density at radius 3 is 2.50 bits per heavy atom. The minimum Gasteiger partial charge on any atom is -0.314 e. The van der Waals surface area contributed by atoms with Crippen LogP contribution in [0.4, 0.5) is 0 Å². The Morgan fingerprint density at radius 1 is 1.22 bits per heavy atom. The fraction of sp³-hybridized carbons (Fsp3) is 0.231. The molecule has 1 aromatic heterocycles. The maximum Gasteiger partial charge on any atom is 0.258 e. The normalized spacial score (nSPS) is 10.8. The zero-order chi connectivity index (χ0) is 13.1. The molecular formula is C13H11Cl2NO2. The zero-order valence-corrected chi connectivity index (χ0v) is 11.0. The largest absolute Gasteiger partial charge is 0.314 e. The zero-order valence-electron chi connectivity index (χ0n) is 9.53. The molecular weight excluding hydrogens is 273 g/mol. The number of aromatic nitrogens is 1. The molecule has 18 heavy (non-hydrogen) atoms. The van der Waals surface area contributed by atoms with Crippen molar-refractivity contribution in [2.45, 2.75) is 13.0 Å². The van der Waals surface area contributed by atoms with Gasteiger partial charge in [-0.25, -0.2) is 0 Å². The number of alkyl halides is 1. The first kappa shape index (κ1) is 13.1. The molecule has 0 aliphatic heterocycles. The Morgan fingerprint density at radius 2 is 1.89 bits per heavy atom. The molecule has 0 saturated heterocycles. The number of rotatable bonds is 4. The molecule has 0 spiro atoms. The summed E-state index contributed by atoms with van der Waals surface area (Å²) in [5.41, 5.74) is 0.221. The second-order valence-electron chi connectivity index (χ2n) is 3.90. The maximum atomic E-state index is 12.2. The summed E-state index contributed by atoms with van der Waals surface area (Å²) in [6.45, 7) is 0.477. The van der Waals surface area contributed by atoms with Gasteiger partial charge in [0.15, 0.2) is 0 Å². The number of hydrogen-bond donors (Lipinski definition) is 0. The van der Waals surface area contributed by atoms with Crippen molar-refractivity contribution >= 4 is 39.2 Å². The van der Waals surface area contributed by atoms with E-state index in [1.165, 1.54) is 10.8 Å². The van der Waals surface area contributed by atoms with Crippen LogP contribution < -0.4 is 5.56 Å². The van der Waals surface area contributed by atoms with E-state index in [1.54, 1.807) is 24.3 Å². The van der Waals surface area contributed by atoms with Gasteiger partial charge in [0.05, 0.1) is 5.56 Å². The minimum absolute atomic E-state index is 0.127. The average molecular weight is 284 g/mol. The Balaban J connectivity index is 2.71. The molecule has 94 valence electrons. The topological polar surface area (TPSA) is 39.1 Å². The van der Waals surface area contributed by atoms with Gasteiger partial charge in [-0.2, -0.15) is 0 Å². The quantitative estimate of drug-likeness (QED) is 0.639. The molecule has 0 bridgehead atoms. The van der Waals surface area contributed by atoms with E-state index in [4.69, 9.17) is 23.2 Å². The van der Waals surface area contributed by atoms with Crippen molar-refractivity contribution in [3.63, 3.8) is 0 Å². The van der Waals surface area contributed by atoms with Crippen LogP contribution in [0, 0.1) is 0 Å². The first-order valence-corrected chi connectivity index (χ1v) is 6.44. The van der Waals surface area contributed by atoms with Crippen LogP contribution >= 0.6 is 23.2 Å². The fourth-order valence-corrected chi connectivity index (χ4v) is 2.17. The van der Waals surface area contributed by atoms with E-state index in [1.807, 2.05) is 0 Å². The van der Waals surface area contributed by atoms with E-state index in [2.05, 4.69) is 0 Å². The van der Waals surface area contributed by atoms with Crippen LogP contribution in [-0.4, -0.2) is 15.7 Å². The van der Waals surface area contributed by atoms with Gasteiger partial charge in [0, 0.05) is 29.4 Å². The SMILES string of the molecule is O=C(Cl)c1cn(CCCCl)c(=O)c2ccccc12. The lowest BCUT2D eigenvalue weighted by Crippen LogP contribution is -2.21. The first-order valence-electron chi connectivity index (χ1n) is 5.53. The van der Waals surface area contributed by atoms with Crippen LogP contribution in [0.15, 0.2) is 35.3 Å². The molecule has 2 rings (SSSR count). The van der Waals surface area contributed by atoms with Crippen LogP contribution in [-0.2, 0) is 6.54 Å². The van der Waals surface area contributed by atoms with Crippen molar-refractivity contribution in [2.75, 3.05) is 5.88 Å². The Labute approximate surface area is 114 Å². The van der Waals surface area contributed by atoms with Crippen LogP contribution in [0.25, 0.3) is 10.8 Å². The highest BCUT2D eigenvalue weighted by molar-refractivity contribution is 6.68. The summed E-state index contributed by atoms with van der Waals surface area (Å²) in [6, 6.07) is 6.95. The molecule has 0 fully saturated rings. The highest BCUT2D eigenvalue weighted by Crippen LogP contribution is 2.17. The number of pyridine rings is 1. The number of benzene rings is 1. The summed E-state index contributed by atoms with van der Waals surface area (Å²) >= 11 is 11.2. The molecule has 0 atom stereocenters. The average Bonchev–Trinajstić information content (AvgIpc) is 2.38. The van der Waals surface area contributed by atoms with E-state index in [0.717, 1.165) is 0 Å². The first-order chi connectivity index (χ1) is 8.65. The lowest BCUT2D eigenvalue weighted by Gasteiger charge is -2.09. The van der Waals surface area contributed by atoms with E-state index < -0.39 is 5.24 Å². The predicted molar refractivity (Wildman–Crippen MR) is 73.7 cm³/mol. The third kappa shape index (κ3) is 2.42. The van der Waals surface area contributed by atoms with Crippen molar-refractivity contribution in [1.82, 2.24) is 4.57 Å². The van der Waals surface area contributed by atoms with Gasteiger partial charge >= 0.3 is 0 Å². The van der Waals surface area contributed by atoms with Crippen molar-refractivity contribution in [3.8, 4) is 0 Å². The minimum atomic E-state index is -0.564. The second-order valence-corrected chi connectivity index (χ2v) is 4.62. The van der Waals surface area contributed by atoms with Gasteiger partial charge in [-0.05, 0) is 24.1 Å². The number of hydrogen-bond acceptors (Lipinski definition) is 2. The molecule has 3 nitrogen and oxygen atoms in total. The second kappa shape index (κ2) is 5.55. The summed E-state index contributed by atoms with van der Waals surface area (Å²) in [4.78, 5) is 23.6. The molecule has 1 aromatic carbocycles. The number of halogens is 2. The summed E-state index contributed by atoms with van der Waals surface area (Å²) < 4.78 is 1.49. The molecule has 2 aromatic rings.